The Bertz CT molecular complexity index is 940. The first-order valence-electron chi connectivity index (χ1n) is 8.26. The minimum Gasteiger partial charge on any atom is -0.454 e. The molecular formula is C17H20ClN3O6S. The summed E-state index contributed by atoms with van der Waals surface area (Å²) in [6.07, 6.45) is 0. The Morgan fingerprint density at radius 1 is 1.25 bits per heavy atom. The van der Waals surface area contributed by atoms with Crippen molar-refractivity contribution in [3.8, 4) is 0 Å². The predicted octanol–water partition coefficient (Wildman–Crippen LogP) is 2.12. The van der Waals surface area contributed by atoms with Crippen LogP contribution in [0.25, 0.3) is 0 Å². The fourth-order valence-electron chi connectivity index (χ4n) is 2.13. The number of amides is 1. The number of hydrogen-bond donors (Lipinski definition) is 2. The Balaban J connectivity index is 1.99. The third-order valence-electron chi connectivity index (χ3n) is 3.56. The fraction of sp³-hybridized carbons (Fsp3) is 0.353. The van der Waals surface area contributed by atoms with Crippen molar-refractivity contribution in [1.82, 2.24) is 9.88 Å². The zero-order valence-corrected chi connectivity index (χ0v) is 17.0. The molecule has 1 atom stereocenters. The first-order valence-corrected chi connectivity index (χ1v) is 10.1. The summed E-state index contributed by atoms with van der Waals surface area (Å²) >= 11 is 5.76. The van der Waals surface area contributed by atoms with Crippen molar-refractivity contribution < 1.29 is 27.3 Å². The monoisotopic (exact) mass is 429 g/mol. The van der Waals surface area contributed by atoms with Crippen LogP contribution in [0.1, 0.15) is 19.5 Å². The Hall–Kier alpha value is -2.43. The molecule has 0 bridgehead atoms. The lowest BCUT2D eigenvalue weighted by Crippen LogP contribution is -2.45. The standard InChI is InChI=1S/C17H20ClN3O6S/c1-10(2)16(21-28(24,25)13-6-4-12(18)5-7-13)17(23)26-9-14(22)19-15-8-11(3)20-27-15/h4-8,10,16,21H,9H2,1-3H3,(H,19,22)/t16-/m0/s1. The maximum Gasteiger partial charge on any atom is 0.324 e. The van der Waals surface area contributed by atoms with Gasteiger partial charge in [-0.05, 0) is 37.1 Å². The number of aryl methyl sites for hydroxylation is 1. The molecule has 0 unspecified atom stereocenters. The highest BCUT2D eigenvalue weighted by Gasteiger charge is 2.30. The molecule has 0 radical (unpaired) electrons. The van der Waals surface area contributed by atoms with Gasteiger partial charge in [-0.3, -0.25) is 14.9 Å². The lowest BCUT2D eigenvalue weighted by molar-refractivity contribution is -0.150. The number of ether oxygens (including phenoxy) is 1. The summed E-state index contributed by atoms with van der Waals surface area (Å²) in [6, 6.07) is 5.81. The largest absolute Gasteiger partial charge is 0.454 e. The van der Waals surface area contributed by atoms with Crippen molar-refractivity contribution in [3.63, 3.8) is 0 Å². The van der Waals surface area contributed by atoms with Gasteiger partial charge in [0.05, 0.1) is 10.6 Å². The van der Waals surface area contributed by atoms with Gasteiger partial charge in [0.1, 0.15) is 6.04 Å². The molecule has 0 saturated heterocycles. The van der Waals surface area contributed by atoms with E-state index in [1.165, 1.54) is 30.3 Å². The first kappa shape index (κ1) is 21.9. The van der Waals surface area contributed by atoms with E-state index in [0.29, 0.717) is 10.7 Å². The highest BCUT2D eigenvalue weighted by atomic mass is 35.5. The summed E-state index contributed by atoms with van der Waals surface area (Å²) in [5.74, 6) is -1.83. The second-order valence-electron chi connectivity index (χ2n) is 6.29. The van der Waals surface area contributed by atoms with E-state index in [-0.39, 0.29) is 10.8 Å². The molecular weight excluding hydrogens is 410 g/mol. The third kappa shape index (κ3) is 6.04. The maximum absolute atomic E-state index is 12.5. The van der Waals surface area contributed by atoms with Crippen LogP contribution in [-0.4, -0.2) is 38.1 Å². The highest BCUT2D eigenvalue weighted by Crippen LogP contribution is 2.16. The van der Waals surface area contributed by atoms with E-state index in [4.69, 9.17) is 20.9 Å². The Labute approximate surface area is 167 Å². The molecule has 0 aliphatic carbocycles. The Morgan fingerprint density at radius 2 is 1.89 bits per heavy atom. The van der Waals surface area contributed by atoms with Gasteiger partial charge in [0.25, 0.3) is 5.91 Å². The molecule has 11 heteroatoms. The molecule has 0 aliphatic rings. The predicted molar refractivity (Wildman–Crippen MR) is 101 cm³/mol. The molecule has 0 aliphatic heterocycles. The van der Waals surface area contributed by atoms with E-state index >= 15 is 0 Å². The summed E-state index contributed by atoms with van der Waals surface area (Å²) in [5.41, 5.74) is 0.573. The number of nitrogens with one attached hydrogen (secondary N) is 2. The lowest BCUT2D eigenvalue weighted by atomic mass is 10.1. The number of hydrogen-bond acceptors (Lipinski definition) is 7. The van der Waals surface area contributed by atoms with E-state index in [0.717, 1.165) is 0 Å². The smallest absolute Gasteiger partial charge is 0.324 e. The molecule has 9 nitrogen and oxygen atoms in total. The molecule has 28 heavy (non-hydrogen) atoms. The minimum absolute atomic E-state index is 0.0474. The number of halogens is 1. The number of rotatable bonds is 8. The normalized spacial score (nSPS) is 12.6. The van der Waals surface area contributed by atoms with Gasteiger partial charge in [0.2, 0.25) is 15.9 Å². The van der Waals surface area contributed by atoms with Crippen LogP contribution in [0.3, 0.4) is 0 Å². The van der Waals surface area contributed by atoms with E-state index in [1.807, 2.05) is 0 Å². The van der Waals surface area contributed by atoms with E-state index in [9.17, 15) is 18.0 Å². The van der Waals surface area contributed by atoms with Crippen molar-refractivity contribution in [2.24, 2.45) is 5.92 Å². The number of carbonyl (C=O) groups excluding carboxylic acids is 2. The quantitative estimate of drug-likeness (QED) is 0.615. The van der Waals surface area contributed by atoms with Gasteiger partial charge in [-0.15, -0.1) is 0 Å². The number of benzene rings is 1. The number of anilines is 1. The van der Waals surface area contributed by atoms with Gasteiger partial charge in [-0.25, -0.2) is 8.42 Å². The SMILES string of the molecule is Cc1cc(NC(=O)COC(=O)[C@@H](NS(=O)(=O)c2ccc(Cl)cc2)C(C)C)on1. The topological polar surface area (TPSA) is 128 Å². The summed E-state index contributed by atoms with van der Waals surface area (Å²) in [6.45, 7) is 4.37. The summed E-state index contributed by atoms with van der Waals surface area (Å²) in [7, 11) is -3.98. The zero-order chi connectivity index (χ0) is 20.9. The molecule has 0 fully saturated rings. The lowest BCUT2D eigenvalue weighted by Gasteiger charge is -2.20. The van der Waals surface area contributed by atoms with E-state index in [2.05, 4.69) is 15.2 Å². The molecule has 2 aromatic rings. The molecule has 2 N–H and O–H groups in total. The molecule has 1 aromatic heterocycles. The fourth-order valence-corrected chi connectivity index (χ4v) is 3.59. The van der Waals surface area contributed by atoms with Gasteiger partial charge in [-0.1, -0.05) is 30.6 Å². The van der Waals surface area contributed by atoms with Crippen LogP contribution in [0, 0.1) is 12.8 Å². The molecule has 1 aromatic carbocycles. The van der Waals surface area contributed by atoms with Gasteiger partial charge in [0, 0.05) is 11.1 Å². The average Bonchev–Trinajstić information content (AvgIpc) is 3.02. The Morgan fingerprint density at radius 3 is 2.43 bits per heavy atom. The van der Waals surface area contributed by atoms with Crippen molar-refractivity contribution >= 4 is 39.4 Å². The number of sulfonamides is 1. The van der Waals surface area contributed by atoms with Crippen molar-refractivity contribution in [1.29, 1.82) is 0 Å². The molecule has 2 rings (SSSR count). The number of carbonyl (C=O) groups is 2. The minimum atomic E-state index is -3.98. The number of nitrogens with zero attached hydrogens (tertiary/aromatic N) is 1. The zero-order valence-electron chi connectivity index (χ0n) is 15.4. The van der Waals surface area contributed by atoms with Crippen LogP contribution < -0.4 is 10.0 Å². The molecule has 0 saturated carbocycles. The molecule has 1 heterocycles. The Kier molecular flexibility index (Phi) is 7.17. The van der Waals surface area contributed by atoms with Crippen LogP contribution >= 0.6 is 11.6 Å². The second kappa shape index (κ2) is 9.18. The van der Waals surface area contributed by atoms with Gasteiger partial charge in [-0.2, -0.15) is 4.72 Å². The van der Waals surface area contributed by atoms with Crippen molar-refractivity contribution in [2.75, 3.05) is 11.9 Å². The first-order chi connectivity index (χ1) is 13.1. The summed E-state index contributed by atoms with van der Waals surface area (Å²) in [5, 5.41) is 6.36. The van der Waals surface area contributed by atoms with Crippen LogP contribution in [0.2, 0.25) is 5.02 Å². The van der Waals surface area contributed by atoms with Gasteiger partial charge in [0.15, 0.2) is 6.61 Å². The van der Waals surface area contributed by atoms with Crippen LogP contribution in [-0.2, 0) is 24.3 Å². The van der Waals surface area contributed by atoms with Gasteiger partial charge >= 0.3 is 5.97 Å². The van der Waals surface area contributed by atoms with E-state index < -0.39 is 40.5 Å². The van der Waals surface area contributed by atoms with Gasteiger partial charge < -0.3 is 9.26 Å². The van der Waals surface area contributed by atoms with Crippen LogP contribution in [0.15, 0.2) is 39.8 Å². The van der Waals surface area contributed by atoms with Crippen molar-refractivity contribution in [3.05, 3.63) is 41.0 Å². The van der Waals surface area contributed by atoms with Crippen LogP contribution in [0.5, 0.6) is 0 Å². The number of esters is 1. The molecule has 1 amide bonds. The second-order valence-corrected chi connectivity index (χ2v) is 8.44. The number of aromatic nitrogens is 1. The summed E-state index contributed by atoms with van der Waals surface area (Å²) < 4.78 is 37.0. The third-order valence-corrected chi connectivity index (χ3v) is 5.27. The highest BCUT2D eigenvalue weighted by molar-refractivity contribution is 7.89. The summed E-state index contributed by atoms with van der Waals surface area (Å²) in [4.78, 5) is 24.1. The van der Waals surface area contributed by atoms with E-state index in [1.54, 1.807) is 20.8 Å². The molecule has 152 valence electrons. The molecule has 0 spiro atoms. The van der Waals surface area contributed by atoms with Crippen LogP contribution in [0.4, 0.5) is 5.88 Å². The maximum atomic E-state index is 12.5. The average molecular weight is 430 g/mol. The van der Waals surface area contributed by atoms with Crippen molar-refractivity contribution in [2.45, 2.75) is 31.7 Å².